The Kier molecular flexibility index (Phi) is 3.74. The molecule has 2 rings (SSSR count). The third-order valence-corrected chi connectivity index (χ3v) is 2.68. The molecular formula is C14H9F3NO2-. The summed E-state index contributed by atoms with van der Waals surface area (Å²) in [6, 6.07) is 7.55. The van der Waals surface area contributed by atoms with Gasteiger partial charge in [0.25, 0.3) is 0 Å². The van der Waals surface area contributed by atoms with Crippen LogP contribution in [0, 0.1) is 0 Å². The number of aromatic nitrogens is 1. The molecule has 6 heteroatoms. The molecule has 104 valence electrons. The van der Waals surface area contributed by atoms with Crippen molar-refractivity contribution in [2.24, 2.45) is 0 Å². The summed E-state index contributed by atoms with van der Waals surface area (Å²) < 4.78 is 37.3. The second-order valence-corrected chi connectivity index (χ2v) is 4.17. The Balaban J connectivity index is 2.30. The molecule has 0 amide bonds. The van der Waals surface area contributed by atoms with Crippen molar-refractivity contribution in [1.82, 2.24) is 4.98 Å². The van der Waals surface area contributed by atoms with Crippen molar-refractivity contribution in [2.75, 3.05) is 0 Å². The van der Waals surface area contributed by atoms with E-state index in [9.17, 15) is 23.1 Å². The Labute approximate surface area is 112 Å². The highest BCUT2D eigenvalue weighted by atomic mass is 19.4. The van der Waals surface area contributed by atoms with Crippen LogP contribution in [-0.2, 0) is 17.4 Å². The van der Waals surface area contributed by atoms with Gasteiger partial charge in [0.15, 0.2) is 0 Å². The normalized spacial score (nSPS) is 11.3. The average molecular weight is 280 g/mol. The van der Waals surface area contributed by atoms with Crippen molar-refractivity contribution in [3.63, 3.8) is 0 Å². The fourth-order valence-corrected chi connectivity index (χ4v) is 1.74. The van der Waals surface area contributed by atoms with Crippen LogP contribution in [0.15, 0.2) is 42.6 Å². The highest BCUT2D eigenvalue weighted by Crippen LogP contribution is 2.30. The summed E-state index contributed by atoms with van der Waals surface area (Å²) in [7, 11) is 0. The number of halogens is 3. The molecule has 2 aromatic rings. The van der Waals surface area contributed by atoms with E-state index in [4.69, 9.17) is 0 Å². The van der Waals surface area contributed by atoms with Crippen molar-refractivity contribution in [2.45, 2.75) is 12.6 Å². The van der Waals surface area contributed by atoms with Crippen LogP contribution in [0.5, 0.6) is 0 Å². The number of aliphatic carboxylic acids is 1. The van der Waals surface area contributed by atoms with Crippen molar-refractivity contribution < 1.29 is 23.1 Å². The van der Waals surface area contributed by atoms with Gasteiger partial charge in [0.05, 0.1) is 11.3 Å². The minimum Gasteiger partial charge on any atom is -0.550 e. The number of benzene rings is 1. The fraction of sp³-hybridized carbons (Fsp3) is 0.143. The minimum absolute atomic E-state index is 0.268. The monoisotopic (exact) mass is 280 g/mol. The Morgan fingerprint density at radius 3 is 2.35 bits per heavy atom. The standard InChI is InChI=1S/C14H10F3NO2/c15-14(16,17)11-3-1-10(2-4-11)12-7-9(5-6-18-12)8-13(19)20/h1-7H,8H2,(H,19,20)/p-1. The number of rotatable bonds is 3. The van der Waals surface area contributed by atoms with Gasteiger partial charge in [-0.25, -0.2) is 0 Å². The Morgan fingerprint density at radius 2 is 1.80 bits per heavy atom. The van der Waals surface area contributed by atoms with Crippen molar-refractivity contribution >= 4 is 5.97 Å². The van der Waals surface area contributed by atoms with Crippen molar-refractivity contribution in [1.29, 1.82) is 0 Å². The zero-order chi connectivity index (χ0) is 14.8. The lowest BCUT2D eigenvalue weighted by Gasteiger charge is -2.08. The van der Waals surface area contributed by atoms with Crippen LogP contribution in [0.25, 0.3) is 11.3 Å². The first-order chi connectivity index (χ1) is 9.36. The molecule has 0 radical (unpaired) electrons. The van der Waals surface area contributed by atoms with Crippen LogP contribution in [0.1, 0.15) is 11.1 Å². The second-order valence-electron chi connectivity index (χ2n) is 4.17. The number of pyridine rings is 1. The van der Waals surface area contributed by atoms with E-state index in [0.29, 0.717) is 16.8 Å². The molecule has 0 aliphatic rings. The van der Waals surface area contributed by atoms with Gasteiger partial charge < -0.3 is 9.90 Å². The summed E-state index contributed by atoms with van der Waals surface area (Å²) in [6.45, 7) is 0. The van der Waals surface area contributed by atoms with Crippen molar-refractivity contribution in [3.05, 3.63) is 53.7 Å². The zero-order valence-corrected chi connectivity index (χ0v) is 10.1. The predicted molar refractivity (Wildman–Crippen MR) is 63.4 cm³/mol. The number of carbonyl (C=O) groups is 1. The van der Waals surface area contributed by atoms with Gasteiger partial charge in [0.2, 0.25) is 0 Å². The first-order valence-corrected chi connectivity index (χ1v) is 5.68. The summed E-state index contributed by atoms with van der Waals surface area (Å²) in [4.78, 5) is 14.5. The molecule has 0 spiro atoms. The maximum absolute atomic E-state index is 12.4. The van der Waals surface area contributed by atoms with Crippen LogP contribution >= 0.6 is 0 Å². The molecule has 0 N–H and O–H groups in total. The van der Waals surface area contributed by atoms with Gasteiger partial charge in [-0.2, -0.15) is 13.2 Å². The molecule has 0 aliphatic heterocycles. The van der Waals surface area contributed by atoms with Crippen LogP contribution in [0.4, 0.5) is 13.2 Å². The fourth-order valence-electron chi connectivity index (χ4n) is 1.74. The topological polar surface area (TPSA) is 53.0 Å². The van der Waals surface area contributed by atoms with E-state index in [1.54, 1.807) is 0 Å². The molecule has 0 bridgehead atoms. The molecule has 0 saturated heterocycles. The van der Waals surface area contributed by atoms with Gasteiger partial charge in [-0.05, 0) is 29.8 Å². The van der Waals surface area contributed by atoms with Crippen molar-refractivity contribution in [3.8, 4) is 11.3 Å². The molecular weight excluding hydrogens is 271 g/mol. The number of hydrogen-bond acceptors (Lipinski definition) is 3. The zero-order valence-electron chi connectivity index (χ0n) is 10.1. The van der Waals surface area contributed by atoms with E-state index in [1.165, 1.54) is 30.5 Å². The van der Waals surface area contributed by atoms with Crippen LogP contribution in [0.2, 0.25) is 0 Å². The number of carboxylic acids is 1. The molecule has 3 nitrogen and oxygen atoms in total. The van der Waals surface area contributed by atoms with Gasteiger partial charge in [0, 0.05) is 24.2 Å². The van der Waals surface area contributed by atoms with E-state index in [1.807, 2.05) is 0 Å². The minimum atomic E-state index is -4.39. The van der Waals surface area contributed by atoms with Crippen LogP contribution < -0.4 is 5.11 Å². The molecule has 1 heterocycles. The average Bonchev–Trinajstić information content (AvgIpc) is 2.37. The lowest BCUT2D eigenvalue weighted by atomic mass is 10.1. The number of alkyl halides is 3. The lowest BCUT2D eigenvalue weighted by molar-refractivity contribution is -0.304. The van der Waals surface area contributed by atoms with Gasteiger partial charge in [0.1, 0.15) is 0 Å². The Hall–Kier alpha value is -2.37. The highest BCUT2D eigenvalue weighted by molar-refractivity contribution is 5.69. The maximum atomic E-state index is 12.4. The molecule has 0 saturated carbocycles. The second kappa shape index (κ2) is 5.32. The summed E-state index contributed by atoms with van der Waals surface area (Å²) in [5.74, 6) is -1.23. The number of nitrogens with zero attached hydrogens (tertiary/aromatic N) is 1. The Morgan fingerprint density at radius 1 is 1.15 bits per heavy atom. The summed E-state index contributed by atoms with van der Waals surface area (Å²) in [5.41, 5.74) is 0.637. The maximum Gasteiger partial charge on any atom is 0.416 e. The third-order valence-electron chi connectivity index (χ3n) is 2.68. The number of carbonyl (C=O) groups excluding carboxylic acids is 1. The first kappa shape index (κ1) is 14.0. The van der Waals surface area contributed by atoms with E-state index >= 15 is 0 Å². The highest BCUT2D eigenvalue weighted by Gasteiger charge is 2.29. The molecule has 0 aliphatic carbocycles. The van der Waals surface area contributed by atoms with Crippen LogP contribution in [-0.4, -0.2) is 11.0 Å². The molecule has 0 unspecified atom stereocenters. The van der Waals surface area contributed by atoms with Gasteiger partial charge in [-0.1, -0.05) is 12.1 Å². The van der Waals surface area contributed by atoms with E-state index in [0.717, 1.165) is 12.1 Å². The molecule has 0 atom stereocenters. The molecule has 1 aromatic carbocycles. The SMILES string of the molecule is O=C([O-])Cc1ccnc(-c2ccc(C(F)(F)F)cc2)c1. The van der Waals surface area contributed by atoms with E-state index in [-0.39, 0.29) is 6.42 Å². The summed E-state index contributed by atoms with van der Waals surface area (Å²) >= 11 is 0. The predicted octanol–water partition coefficient (Wildman–Crippen LogP) is 2.06. The first-order valence-electron chi connectivity index (χ1n) is 5.68. The molecule has 1 aromatic heterocycles. The number of hydrogen-bond donors (Lipinski definition) is 0. The quantitative estimate of drug-likeness (QED) is 0.864. The summed E-state index contributed by atoms with van der Waals surface area (Å²) in [6.07, 6.45) is -3.25. The lowest BCUT2D eigenvalue weighted by Crippen LogP contribution is -2.24. The van der Waals surface area contributed by atoms with Gasteiger partial charge in [-0.3, -0.25) is 4.98 Å². The number of carboxylic acid groups (broad SMARTS) is 1. The van der Waals surface area contributed by atoms with Gasteiger partial charge >= 0.3 is 6.18 Å². The molecule has 0 fully saturated rings. The van der Waals surface area contributed by atoms with Gasteiger partial charge in [-0.15, -0.1) is 0 Å². The smallest absolute Gasteiger partial charge is 0.416 e. The largest absolute Gasteiger partial charge is 0.550 e. The molecule has 20 heavy (non-hydrogen) atoms. The van der Waals surface area contributed by atoms with E-state index in [2.05, 4.69) is 4.98 Å². The van der Waals surface area contributed by atoms with E-state index < -0.39 is 17.7 Å². The third kappa shape index (κ3) is 3.34. The Bertz CT molecular complexity index is 621. The van der Waals surface area contributed by atoms with Crippen LogP contribution in [0.3, 0.4) is 0 Å². The summed E-state index contributed by atoms with van der Waals surface area (Å²) in [5, 5.41) is 10.5.